The monoisotopic (exact) mass is 365 g/mol. The van der Waals surface area contributed by atoms with Crippen LogP contribution in [0.2, 0.25) is 0 Å². The summed E-state index contributed by atoms with van der Waals surface area (Å²) >= 11 is 0. The molecule has 144 valence electrons. The highest BCUT2D eigenvalue weighted by molar-refractivity contribution is 6.02. The zero-order chi connectivity index (χ0) is 19.2. The summed E-state index contributed by atoms with van der Waals surface area (Å²) in [5, 5.41) is 0. The van der Waals surface area contributed by atoms with Crippen LogP contribution < -0.4 is 4.74 Å². The van der Waals surface area contributed by atoms with E-state index >= 15 is 0 Å². The van der Waals surface area contributed by atoms with Gasteiger partial charge in [0.1, 0.15) is 5.75 Å². The molecule has 0 unspecified atom stereocenters. The molecule has 1 aromatic carbocycles. The molecule has 0 bridgehead atoms. The smallest absolute Gasteiger partial charge is 0.165 e. The highest BCUT2D eigenvalue weighted by Gasteiger charge is 2.56. The third-order valence-corrected chi connectivity index (χ3v) is 7.26. The van der Waals surface area contributed by atoms with Crippen LogP contribution in [0, 0.1) is 17.3 Å². The number of nitrogens with zero attached hydrogens (tertiary/aromatic N) is 1. The minimum Gasteiger partial charge on any atom is -0.497 e. The maximum absolute atomic E-state index is 13.2. The first-order valence-electron chi connectivity index (χ1n) is 10.2. The molecule has 3 aliphatic rings. The molecule has 0 N–H and O–H groups in total. The quantitative estimate of drug-likeness (QED) is 0.725. The molecule has 3 nitrogen and oxygen atoms in total. The predicted molar refractivity (Wildman–Crippen MR) is 109 cm³/mol. The van der Waals surface area contributed by atoms with Crippen molar-refractivity contribution in [1.82, 2.24) is 4.90 Å². The van der Waals surface area contributed by atoms with E-state index in [-0.39, 0.29) is 5.41 Å². The maximum atomic E-state index is 13.2. The topological polar surface area (TPSA) is 29.5 Å². The lowest BCUT2D eigenvalue weighted by molar-refractivity contribution is -0.127. The summed E-state index contributed by atoms with van der Waals surface area (Å²) in [6.07, 6.45) is 11.5. The van der Waals surface area contributed by atoms with Crippen molar-refractivity contribution in [3.05, 3.63) is 53.3 Å². The lowest BCUT2D eigenvalue weighted by atomic mass is 9.55. The number of carbonyl (C=O) groups is 1. The van der Waals surface area contributed by atoms with Crippen molar-refractivity contribution in [1.29, 1.82) is 0 Å². The molecule has 4 atom stereocenters. The van der Waals surface area contributed by atoms with Crippen LogP contribution in [0.3, 0.4) is 0 Å². The zero-order valence-corrected chi connectivity index (χ0v) is 17.0. The number of ether oxygens (including phenoxy) is 1. The molecule has 0 aromatic heterocycles. The fourth-order valence-corrected chi connectivity index (χ4v) is 5.84. The summed E-state index contributed by atoms with van der Waals surface area (Å²) < 4.78 is 5.42. The number of hydrogen-bond acceptors (Lipinski definition) is 3. The second-order valence-corrected chi connectivity index (χ2v) is 8.97. The number of methoxy groups -OCH3 is 1. The maximum Gasteiger partial charge on any atom is 0.165 e. The lowest BCUT2D eigenvalue weighted by Gasteiger charge is -2.48. The van der Waals surface area contributed by atoms with Crippen molar-refractivity contribution in [3.63, 3.8) is 0 Å². The molecule has 0 radical (unpaired) electrons. The highest BCUT2D eigenvalue weighted by atomic mass is 16.5. The van der Waals surface area contributed by atoms with Crippen LogP contribution in [0.5, 0.6) is 5.75 Å². The van der Waals surface area contributed by atoms with Gasteiger partial charge < -0.3 is 9.64 Å². The van der Waals surface area contributed by atoms with Crippen molar-refractivity contribution in [3.8, 4) is 5.75 Å². The van der Waals surface area contributed by atoms with Gasteiger partial charge >= 0.3 is 0 Å². The van der Waals surface area contributed by atoms with Gasteiger partial charge in [-0.05, 0) is 91.0 Å². The molecule has 4 rings (SSSR count). The number of hydrogen-bond donors (Lipinski definition) is 0. The molecule has 3 aliphatic carbocycles. The van der Waals surface area contributed by atoms with Gasteiger partial charge in [0.15, 0.2) is 5.78 Å². The number of fused-ring (bicyclic) bond motifs is 5. The average molecular weight is 366 g/mol. The molecule has 0 saturated heterocycles. The SMILES string of the molecule is COc1ccc2c(c1)CC[C@H]1[C@@H]2CC[C@@]2(C)C(=O)/C(=C\C=C/N(C)C)C[C@@H]12. The Morgan fingerprint density at radius 2 is 2.07 bits per heavy atom. The van der Waals surface area contributed by atoms with E-state index in [1.807, 2.05) is 31.3 Å². The van der Waals surface area contributed by atoms with Gasteiger partial charge in [0.2, 0.25) is 0 Å². The van der Waals surface area contributed by atoms with Crippen molar-refractivity contribution in [2.24, 2.45) is 17.3 Å². The molecule has 0 spiro atoms. The van der Waals surface area contributed by atoms with E-state index in [0.717, 1.165) is 37.0 Å². The molecule has 2 saturated carbocycles. The van der Waals surface area contributed by atoms with Crippen LogP contribution in [0.1, 0.15) is 49.7 Å². The summed E-state index contributed by atoms with van der Waals surface area (Å²) in [6, 6.07) is 6.60. The highest BCUT2D eigenvalue weighted by Crippen LogP contribution is 2.60. The Hall–Kier alpha value is -2.03. The Kier molecular flexibility index (Phi) is 4.65. The minimum absolute atomic E-state index is 0.164. The van der Waals surface area contributed by atoms with Crippen LogP contribution in [0.15, 0.2) is 42.1 Å². The van der Waals surface area contributed by atoms with Gasteiger partial charge in [0, 0.05) is 19.5 Å². The molecule has 1 aromatic rings. The molecular formula is C24H31NO2. The number of aryl methyl sites for hydroxylation is 1. The fraction of sp³-hybridized carbons (Fsp3) is 0.542. The third kappa shape index (κ3) is 3.01. The van der Waals surface area contributed by atoms with E-state index in [0.29, 0.717) is 23.5 Å². The molecular weight excluding hydrogens is 334 g/mol. The van der Waals surface area contributed by atoms with Crippen LogP contribution in [0.4, 0.5) is 0 Å². The van der Waals surface area contributed by atoms with Gasteiger partial charge in [-0.25, -0.2) is 0 Å². The average Bonchev–Trinajstić information content (AvgIpc) is 2.92. The number of rotatable bonds is 3. The first kappa shape index (κ1) is 18.3. The Balaban J connectivity index is 1.63. The second-order valence-electron chi connectivity index (χ2n) is 8.97. The van der Waals surface area contributed by atoms with Crippen molar-refractivity contribution >= 4 is 5.78 Å². The second kappa shape index (κ2) is 6.85. The number of Topliss-reactive ketones (excluding diaryl/α,β-unsaturated/α-hetero) is 1. The predicted octanol–water partition coefficient (Wildman–Crippen LogP) is 4.73. The van der Waals surface area contributed by atoms with E-state index in [1.54, 1.807) is 7.11 Å². The van der Waals surface area contributed by atoms with E-state index in [9.17, 15) is 4.79 Å². The summed E-state index contributed by atoms with van der Waals surface area (Å²) in [5.41, 5.74) is 3.82. The van der Waals surface area contributed by atoms with E-state index in [4.69, 9.17) is 4.74 Å². The minimum atomic E-state index is -0.164. The molecule has 0 amide bonds. The molecule has 0 aliphatic heterocycles. The van der Waals surface area contributed by atoms with Gasteiger partial charge in [-0.3, -0.25) is 4.79 Å². The Morgan fingerprint density at radius 1 is 1.26 bits per heavy atom. The Labute approximate surface area is 163 Å². The molecule has 0 heterocycles. The van der Waals surface area contributed by atoms with Crippen LogP contribution in [0.25, 0.3) is 0 Å². The molecule has 3 heteroatoms. The van der Waals surface area contributed by atoms with Crippen LogP contribution >= 0.6 is 0 Å². The van der Waals surface area contributed by atoms with Gasteiger partial charge in [-0.2, -0.15) is 0 Å². The number of ketones is 1. The first-order valence-corrected chi connectivity index (χ1v) is 10.2. The molecule has 27 heavy (non-hydrogen) atoms. The summed E-state index contributed by atoms with van der Waals surface area (Å²) in [7, 11) is 5.75. The van der Waals surface area contributed by atoms with Crippen molar-refractivity contribution < 1.29 is 9.53 Å². The summed E-state index contributed by atoms with van der Waals surface area (Å²) in [4.78, 5) is 15.2. The van der Waals surface area contributed by atoms with E-state index in [2.05, 4.69) is 31.2 Å². The lowest BCUT2D eigenvalue weighted by Crippen LogP contribution is -2.42. The summed E-state index contributed by atoms with van der Waals surface area (Å²) in [6.45, 7) is 2.23. The zero-order valence-electron chi connectivity index (χ0n) is 17.0. The molecule has 2 fully saturated rings. The van der Waals surface area contributed by atoms with Gasteiger partial charge in [0.05, 0.1) is 7.11 Å². The number of benzene rings is 1. The Morgan fingerprint density at radius 3 is 2.81 bits per heavy atom. The normalized spacial score (nSPS) is 33.7. The Bertz CT molecular complexity index is 807. The third-order valence-electron chi connectivity index (χ3n) is 7.26. The first-order chi connectivity index (χ1) is 12.9. The van der Waals surface area contributed by atoms with Crippen LogP contribution in [-0.2, 0) is 11.2 Å². The number of carbonyl (C=O) groups excluding carboxylic acids is 1. The largest absolute Gasteiger partial charge is 0.497 e. The summed E-state index contributed by atoms with van der Waals surface area (Å²) in [5.74, 6) is 3.06. The van der Waals surface area contributed by atoms with Crippen molar-refractivity contribution in [2.45, 2.75) is 44.9 Å². The van der Waals surface area contributed by atoms with E-state index in [1.165, 1.54) is 17.5 Å². The standard InChI is InChI=1S/C24H31NO2/c1-24-12-11-20-19-10-8-18(27-4)14-16(19)7-9-21(20)22(24)15-17(23(24)26)6-5-13-25(2)3/h5-6,8,10,13-14,20-22H,7,9,11-12,15H2,1-4H3/b13-5-,17-6-/t20-,21+,22+,24-/m1/s1. The van der Waals surface area contributed by atoms with Crippen LogP contribution in [-0.4, -0.2) is 31.9 Å². The fourth-order valence-electron chi connectivity index (χ4n) is 5.84. The van der Waals surface area contributed by atoms with Gasteiger partial charge in [0.25, 0.3) is 0 Å². The van der Waals surface area contributed by atoms with Gasteiger partial charge in [-0.1, -0.05) is 19.1 Å². The van der Waals surface area contributed by atoms with E-state index < -0.39 is 0 Å². The number of allylic oxidation sites excluding steroid dienone is 3. The van der Waals surface area contributed by atoms with Gasteiger partial charge in [-0.15, -0.1) is 0 Å². The van der Waals surface area contributed by atoms with Crippen molar-refractivity contribution in [2.75, 3.05) is 21.2 Å².